The van der Waals surface area contributed by atoms with Gasteiger partial charge in [-0.1, -0.05) is 60.7 Å². The Bertz CT molecular complexity index is 1340. The van der Waals surface area contributed by atoms with Gasteiger partial charge in [-0.25, -0.2) is 13.8 Å². The highest BCUT2D eigenvalue weighted by atomic mass is 19.2. The maximum atomic E-state index is 13.5. The number of fused-ring (bicyclic) bond motifs is 3. The van der Waals surface area contributed by atoms with Crippen molar-refractivity contribution < 1.29 is 13.9 Å². The zero-order chi connectivity index (χ0) is 20.7. The van der Waals surface area contributed by atoms with E-state index in [1.165, 1.54) is 0 Å². The molecule has 1 aromatic heterocycles. The van der Waals surface area contributed by atoms with E-state index in [-0.39, 0.29) is 0 Å². The minimum Gasteiger partial charge on any atom is -0.384 e. The number of benzene rings is 3. The molecule has 0 saturated heterocycles. The van der Waals surface area contributed by atoms with Crippen LogP contribution in [-0.2, 0) is 0 Å². The topological polar surface area (TPSA) is 33.1 Å². The third-order valence-corrected chi connectivity index (χ3v) is 5.34. The molecule has 0 spiro atoms. The molecule has 146 valence electrons. The average molecular weight is 397 g/mol. The Kier molecular flexibility index (Phi) is 4.49. The van der Waals surface area contributed by atoms with E-state index in [2.05, 4.69) is 4.98 Å². The van der Waals surface area contributed by atoms with Crippen molar-refractivity contribution in [1.29, 1.82) is 0 Å². The summed E-state index contributed by atoms with van der Waals surface area (Å²) in [7, 11) is 0. The van der Waals surface area contributed by atoms with Crippen LogP contribution in [0.1, 0.15) is 39.6 Å². The molecule has 0 bridgehead atoms. The SMILES string of the molecule is OC1c2ccccc2C=Cc2ccc(/C=C/c3ccc4cc(F)c(F)cc4n3)cc21. The van der Waals surface area contributed by atoms with E-state index in [0.29, 0.717) is 16.6 Å². The van der Waals surface area contributed by atoms with Gasteiger partial charge in [0.1, 0.15) is 6.10 Å². The summed E-state index contributed by atoms with van der Waals surface area (Å²) in [4.78, 5) is 4.39. The minimum atomic E-state index is -0.913. The van der Waals surface area contributed by atoms with Gasteiger partial charge in [0.25, 0.3) is 0 Å². The first kappa shape index (κ1) is 18.4. The van der Waals surface area contributed by atoms with Crippen LogP contribution in [0.4, 0.5) is 8.78 Å². The molecule has 1 atom stereocenters. The maximum absolute atomic E-state index is 13.5. The normalized spacial score (nSPS) is 15.2. The van der Waals surface area contributed by atoms with Crippen LogP contribution in [0.5, 0.6) is 0 Å². The molecule has 0 amide bonds. The molecule has 30 heavy (non-hydrogen) atoms. The number of rotatable bonds is 2. The highest BCUT2D eigenvalue weighted by molar-refractivity contribution is 5.82. The van der Waals surface area contributed by atoms with Crippen LogP contribution < -0.4 is 0 Å². The fraction of sp³-hybridized carbons (Fsp3) is 0.0385. The zero-order valence-corrected chi connectivity index (χ0v) is 15.9. The first-order chi connectivity index (χ1) is 14.6. The zero-order valence-electron chi connectivity index (χ0n) is 15.9. The average Bonchev–Trinajstić information content (AvgIpc) is 2.90. The smallest absolute Gasteiger partial charge is 0.161 e. The Morgan fingerprint density at radius 2 is 1.53 bits per heavy atom. The van der Waals surface area contributed by atoms with Gasteiger partial charge in [0.05, 0.1) is 11.2 Å². The molecule has 1 aliphatic carbocycles. The quantitative estimate of drug-likeness (QED) is 0.434. The van der Waals surface area contributed by atoms with Gasteiger partial charge in [-0.15, -0.1) is 0 Å². The van der Waals surface area contributed by atoms with Crippen LogP contribution in [0.2, 0.25) is 0 Å². The van der Waals surface area contributed by atoms with E-state index in [0.717, 1.165) is 39.9 Å². The number of pyridine rings is 1. The van der Waals surface area contributed by atoms with Gasteiger partial charge in [0.15, 0.2) is 11.6 Å². The maximum Gasteiger partial charge on any atom is 0.161 e. The number of aliphatic hydroxyl groups is 1. The molecular formula is C26H17F2NO. The van der Waals surface area contributed by atoms with Crippen molar-refractivity contribution in [1.82, 2.24) is 4.98 Å². The number of hydrogen-bond donors (Lipinski definition) is 1. The van der Waals surface area contributed by atoms with E-state index in [1.54, 1.807) is 12.1 Å². The summed E-state index contributed by atoms with van der Waals surface area (Å²) < 4.78 is 26.9. The van der Waals surface area contributed by atoms with Crippen LogP contribution >= 0.6 is 0 Å². The fourth-order valence-corrected chi connectivity index (χ4v) is 3.75. The molecule has 4 heteroatoms. The first-order valence-corrected chi connectivity index (χ1v) is 9.61. The molecule has 1 unspecified atom stereocenters. The van der Waals surface area contributed by atoms with Gasteiger partial charge < -0.3 is 5.11 Å². The second kappa shape index (κ2) is 7.32. The summed E-state index contributed by atoms with van der Waals surface area (Å²) in [6.45, 7) is 0. The van der Waals surface area contributed by atoms with Crippen molar-refractivity contribution >= 4 is 35.2 Å². The molecule has 0 fully saturated rings. The van der Waals surface area contributed by atoms with Gasteiger partial charge in [-0.2, -0.15) is 0 Å². The monoisotopic (exact) mass is 397 g/mol. The summed E-state index contributed by atoms with van der Waals surface area (Å²) in [5, 5.41) is 11.5. The molecule has 2 nitrogen and oxygen atoms in total. The van der Waals surface area contributed by atoms with E-state index < -0.39 is 17.7 Å². The van der Waals surface area contributed by atoms with Crippen molar-refractivity contribution in [3.05, 3.63) is 112 Å². The number of hydrogen-bond acceptors (Lipinski definition) is 2. The van der Waals surface area contributed by atoms with Gasteiger partial charge in [0, 0.05) is 11.5 Å². The van der Waals surface area contributed by atoms with E-state index in [1.807, 2.05) is 66.8 Å². The lowest BCUT2D eigenvalue weighted by atomic mass is 9.95. The Balaban J connectivity index is 1.49. The Hall–Kier alpha value is -3.63. The van der Waals surface area contributed by atoms with Gasteiger partial charge >= 0.3 is 0 Å². The van der Waals surface area contributed by atoms with Crippen LogP contribution in [-0.4, -0.2) is 10.1 Å². The number of halogens is 2. The van der Waals surface area contributed by atoms with E-state index in [9.17, 15) is 13.9 Å². The molecule has 0 aliphatic heterocycles. The first-order valence-electron chi connectivity index (χ1n) is 9.61. The van der Waals surface area contributed by atoms with Crippen LogP contribution in [0.3, 0.4) is 0 Å². The van der Waals surface area contributed by atoms with Crippen LogP contribution in [0.25, 0.3) is 35.2 Å². The van der Waals surface area contributed by atoms with Crippen molar-refractivity contribution in [2.24, 2.45) is 0 Å². The largest absolute Gasteiger partial charge is 0.384 e. The van der Waals surface area contributed by atoms with E-state index >= 15 is 0 Å². The predicted octanol–water partition coefficient (Wildman–Crippen LogP) is 6.25. The Labute approximate surface area is 172 Å². The van der Waals surface area contributed by atoms with Gasteiger partial charge in [0.2, 0.25) is 0 Å². The lowest BCUT2D eigenvalue weighted by Crippen LogP contribution is -2.02. The summed E-state index contributed by atoms with van der Waals surface area (Å²) in [5.41, 5.74) is 5.62. The van der Waals surface area contributed by atoms with Gasteiger partial charge in [-0.3, -0.25) is 0 Å². The minimum absolute atomic E-state index is 0.398. The predicted molar refractivity (Wildman–Crippen MR) is 116 cm³/mol. The summed E-state index contributed by atoms with van der Waals surface area (Å²) >= 11 is 0. The number of nitrogens with zero attached hydrogens (tertiary/aromatic N) is 1. The molecule has 3 aromatic carbocycles. The molecule has 4 aromatic rings. The summed E-state index contributed by atoms with van der Waals surface area (Å²) in [6, 6.07) is 19.4. The van der Waals surface area contributed by atoms with Crippen molar-refractivity contribution in [3.63, 3.8) is 0 Å². The van der Waals surface area contributed by atoms with Crippen LogP contribution in [0, 0.1) is 11.6 Å². The summed E-state index contributed by atoms with van der Waals surface area (Å²) in [6.07, 6.45) is 7.02. The van der Waals surface area contributed by atoms with E-state index in [4.69, 9.17) is 0 Å². The van der Waals surface area contributed by atoms with Gasteiger partial charge in [-0.05, 0) is 52.1 Å². The highest BCUT2D eigenvalue weighted by Gasteiger charge is 2.18. The highest BCUT2D eigenvalue weighted by Crippen LogP contribution is 2.33. The molecule has 5 rings (SSSR count). The summed E-state index contributed by atoms with van der Waals surface area (Å²) in [5.74, 6) is -1.80. The molecule has 0 saturated carbocycles. The number of aliphatic hydroxyl groups excluding tert-OH is 1. The molecule has 1 heterocycles. The number of aromatic nitrogens is 1. The standard InChI is InChI=1S/C26H17F2NO/c27-23-14-19-10-12-20(29-25(19)15-24(23)28)11-6-16-5-7-18-9-8-17-3-1-2-4-21(17)26(30)22(18)13-16/h1-15,26,30H/b11-6+. The van der Waals surface area contributed by atoms with Crippen molar-refractivity contribution in [2.75, 3.05) is 0 Å². The van der Waals surface area contributed by atoms with Crippen LogP contribution in [0.15, 0.2) is 66.7 Å². The Morgan fingerprint density at radius 1 is 0.767 bits per heavy atom. The second-order valence-electron chi connectivity index (χ2n) is 7.28. The third-order valence-electron chi connectivity index (χ3n) is 5.34. The molecular weight excluding hydrogens is 380 g/mol. The third kappa shape index (κ3) is 3.31. The Morgan fingerprint density at radius 3 is 2.40 bits per heavy atom. The lowest BCUT2D eigenvalue weighted by molar-refractivity contribution is 0.220. The second-order valence-corrected chi connectivity index (χ2v) is 7.28. The molecule has 0 radical (unpaired) electrons. The van der Waals surface area contributed by atoms with Crippen molar-refractivity contribution in [3.8, 4) is 0 Å². The fourth-order valence-electron chi connectivity index (χ4n) is 3.75. The lowest BCUT2D eigenvalue weighted by Gasteiger charge is -2.15. The molecule has 1 aliphatic rings. The van der Waals surface area contributed by atoms with Crippen molar-refractivity contribution in [2.45, 2.75) is 6.10 Å². The molecule has 1 N–H and O–H groups in total.